The van der Waals surface area contributed by atoms with Gasteiger partial charge in [0, 0.05) is 34.1 Å². The van der Waals surface area contributed by atoms with Crippen molar-refractivity contribution < 1.29 is 4.42 Å². The maximum absolute atomic E-state index is 5.59. The molecule has 2 aromatic heterocycles. The monoisotopic (exact) mass is 315 g/mol. The van der Waals surface area contributed by atoms with Gasteiger partial charge in [-0.15, -0.1) is 0 Å². The summed E-state index contributed by atoms with van der Waals surface area (Å²) in [6.07, 6.45) is 4.54. The van der Waals surface area contributed by atoms with Crippen LogP contribution in [0.2, 0.25) is 0 Å². The van der Waals surface area contributed by atoms with Crippen LogP contribution < -0.4 is 0 Å². The second kappa shape index (κ2) is 5.17. The van der Waals surface area contributed by atoms with E-state index in [-0.39, 0.29) is 4.83 Å². The lowest BCUT2D eigenvalue weighted by Crippen LogP contribution is -1.99. The average molecular weight is 316 g/mol. The van der Waals surface area contributed by atoms with Gasteiger partial charge in [-0.2, -0.15) is 0 Å². The Hall–Kier alpha value is -1.61. The molecule has 1 atom stereocenters. The summed E-state index contributed by atoms with van der Waals surface area (Å²) >= 11 is 3.76. The summed E-state index contributed by atoms with van der Waals surface area (Å²) in [4.78, 5) is 4.66. The molecule has 0 N–H and O–H groups in total. The number of furan rings is 1. The number of halogens is 1. The first kappa shape index (κ1) is 12.4. The molecule has 0 saturated heterocycles. The smallest absolute Gasteiger partial charge is 0.134 e. The topological polar surface area (TPSA) is 26.0 Å². The van der Waals surface area contributed by atoms with Crippen LogP contribution in [0.15, 0.2) is 53.3 Å². The zero-order valence-corrected chi connectivity index (χ0v) is 12.2. The van der Waals surface area contributed by atoms with Crippen molar-refractivity contribution in [3.8, 4) is 0 Å². The summed E-state index contributed by atoms with van der Waals surface area (Å²) in [7, 11) is 0. The van der Waals surface area contributed by atoms with Crippen molar-refractivity contribution >= 4 is 26.9 Å². The highest BCUT2D eigenvalue weighted by molar-refractivity contribution is 9.09. The first-order chi connectivity index (χ1) is 9.25. The first-order valence-corrected chi connectivity index (χ1v) is 7.18. The average Bonchev–Trinajstić information content (AvgIpc) is 2.85. The second-order valence-electron chi connectivity index (χ2n) is 4.63. The van der Waals surface area contributed by atoms with Crippen molar-refractivity contribution in [3.05, 3.63) is 65.7 Å². The van der Waals surface area contributed by atoms with E-state index in [0.29, 0.717) is 0 Å². The van der Waals surface area contributed by atoms with E-state index in [1.54, 1.807) is 0 Å². The number of fused-ring (bicyclic) bond motifs is 1. The van der Waals surface area contributed by atoms with Gasteiger partial charge in [-0.1, -0.05) is 40.2 Å². The van der Waals surface area contributed by atoms with E-state index in [2.05, 4.69) is 40.0 Å². The van der Waals surface area contributed by atoms with Crippen LogP contribution in [0.3, 0.4) is 0 Å². The summed E-state index contributed by atoms with van der Waals surface area (Å²) in [5.74, 6) is 0. The first-order valence-electron chi connectivity index (χ1n) is 6.26. The van der Waals surface area contributed by atoms with E-state index in [9.17, 15) is 0 Å². The van der Waals surface area contributed by atoms with Crippen LogP contribution in [0, 0.1) is 6.92 Å². The molecule has 0 radical (unpaired) electrons. The van der Waals surface area contributed by atoms with Crippen LogP contribution >= 0.6 is 15.9 Å². The molecule has 3 heteroatoms. The fourth-order valence-electron chi connectivity index (χ4n) is 2.25. The predicted molar refractivity (Wildman–Crippen MR) is 80.6 cm³/mol. The fourth-order valence-corrected chi connectivity index (χ4v) is 2.91. The molecule has 3 rings (SSSR count). The van der Waals surface area contributed by atoms with Crippen LogP contribution in [0.4, 0.5) is 0 Å². The van der Waals surface area contributed by atoms with Crippen molar-refractivity contribution in [2.45, 2.75) is 18.2 Å². The number of aryl methyl sites for hydroxylation is 1. The van der Waals surface area contributed by atoms with Gasteiger partial charge in [0.2, 0.25) is 0 Å². The summed E-state index contributed by atoms with van der Waals surface area (Å²) in [6, 6.07) is 12.2. The number of hydrogen-bond acceptors (Lipinski definition) is 2. The van der Waals surface area contributed by atoms with E-state index in [0.717, 1.165) is 23.1 Å². The highest BCUT2D eigenvalue weighted by Gasteiger charge is 2.16. The minimum atomic E-state index is 0.213. The second-order valence-corrected chi connectivity index (χ2v) is 5.73. The highest BCUT2D eigenvalue weighted by atomic mass is 79.9. The Bertz CT molecular complexity index is 705. The molecule has 0 aliphatic heterocycles. The molecule has 0 amide bonds. The van der Waals surface area contributed by atoms with Gasteiger partial charge in [0.05, 0.1) is 6.26 Å². The van der Waals surface area contributed by atoms with Gasteiger partial charge in [-0.3, -0.25) is 4.98 Å². The lowest BCUT2D eigenvalue weighted by molar-refractivity contribution is 0.609. The van der Waals surface area contributed by atoms with E-state index in [1.165, 1.54) is 11.1 Å². The molecule has 0 bridgehead atoms. The molecule has 0 saturated carbocycles. The van der Waals surface area contributed by atoms with Crippen molar-refractivity contribution in [1.82, 2.24) is 4.98 Å². The predicted octanol–water partition coefficient (Wildman–Crippen LogP) is 4.81. The van der Waals surface area contributed by atoms with Crippen LogP contribution in [-0.2, 0) is 6.42 Å². The third-order valence-corrected chi connectivity index (χ3v) is 4.16. The molecule has 0 fully saturated rings. The van der Waals surface area contributed by atoms with E-state index >= 15 is 0 Å². The number of pyridine rings is 1. The Balaban J connectivity index is 1.92. The maximum Gasteiger partial charge on any atom is 0.134 e. The number of benzene rings is 1. The molecule has 2 nitrogen and oxygen atoms in total. The Kier molecular flexibility index (Phi) is 3.38. The SMILES string of the molecule is Cc1cccnc1CC(Br)c1coc2ccccc12. The number of hydrogen-bond donors (Lipinski definition) is 0. The largest absolute Gasteiger partial charge is 0.464 e. The Morgan fingerprint density at radius 3 is 2.89 bits per heavy atom. The number of alkyl halides is 1. The molecule has 19 heavy (non-hydrogen) atoms. The molecule has 1 unspecified atom stereocenters. The van der Waals surface area contributed by atoms with Gasteiger partial charge in [0.1, 0.15) is 5.58 Å². The van der Waals surface area contributed by atoms with Gasteiger partial charge in [-0.25, -0.2) is 0 Å². The standard InChI is InChI=1S/C16H14BrNO/c1-11-5-4-8-18-15(11)9-14(17)13-10-19-16-7-3-2-6-12(13)16/h2-8,10,14H,9H2,1H3. The fraction of sp³-hybridized carbons (Fsp3) is 0.188. The van der Waals surface area contributed by atoms with Crippen LogP contribution in [0.25, 0.3) is 11.0 Å². The molecule has 0 spiro atoms. The molecule has 0 aliphatic rings. The Morgan fingerprint density at radius 2 is 2.05 bits per heavy atom. The third kappa shape index (κ3) is 2.43. The van der Waals surface area contributed by atoms with Crippen molar-refractivity contribution in [2.24, 2.45) is 0 Å². The molecular weight excluding hydrogens is 302 g/mol. The Labute approximate surface area is 120 Å². The Morgan fingerprint density at radius 1 is 1.21 bits per heavy atom. The summed E-state index contributed by atoms with van der Waals surface area (Å²) in [5.41, 5.74) is 4.45. The summed E-state index contributed by atoms with van der Waals surface area (Å²) in [6.45, 7) is 2.09. The normalized spacial score (nSPS) is 12.7. The number of rotatable bonds is 3. The molecule has 96 valence electrons. The molecule has 3 aromatic rings. The third-order valence-electron chi connectivity index (χ3n) is 3.34. The zero-order chi connectivity index (χ0) is 13.2. The lowest BCUT2D eigenvalue weighted by Gasteiger charge is -2.09. The van der Waals surface area contributed by atoms with E-state index in [4.69, 9.17) is 4.42 Å². The van der Waals surface area contributed by atoms with Gasteiger partial charge >= 0.3 is 0 Å². The minimum Gasteiger partial charge on any atom is -0.464 e. The minimum absolute atomic E-state index is 0.213. The molecule has 0 aliphatic carbocycles. The highest BCUT2D eigenvalue weighted by Crippen LogP contribution is 2.33. The van der Waals surface area contributed by atoms with Crippen LogP contribution in [-0.4, -0.2) is 4.98 Å². The van der Waals surface area contributed by atoms with Crippen LogP contribution in [0.5, 0.6) is 0 Å². The molecular formula is C16H14BrNO. The lowest BCUT2D eigenvalue weighted by atomic mass is 10.0. The summed E-state index contributed by atoms with van der Waals surface area (Å²) in [5, 5.41) is 1.16. The number of para-hydroxylation sites is 1. The molecule has 2 heterocycles. The number of nitrogens with zero attached hydrogens (tertiary/aromatic N) is 1. The van der Waals surface area contributed by atoms with Crippen LogP contribution in [0.1, 0.15) is 21.6 Å². The quantitative estimate of drug-likeness (QED) is 0.648. The van der Waals surface area contributed by atoms with E-state index < -0.39 is 0 Å². The van der Waals surface area contributed by atoms with Crippen molar-refractivity contribution in [1.29, 1.82) is 0 Å². The van der Waals surface area contributed by atoms with Gasteiger partial charge in [0.15, 0.2) is 0 Å². The van der Waals surface area contributed by atoms with Gasteiger partial charge < -0.3 is 4.42 Å². The summed E-state index contributed by atoms with van der Waals surface area (Å²) < 4.78 is 5.59. The van der Waals surface area contributed by atoms with Gasteiger partial charge in [0.25, 0.3) is 0 Å². The molecule has 1 aromatic carbocycles. The zero-order valence-electron chi connectivity index (χ0n) is 10.6. The maximum atomic E-state index is 5.59. The van der Waals surface area contributed by atoms with Crippen molar-refractivity contribution in [3.63, 3.8) is 0 Å². The number of aromatic nitrogens is 1. The van der Waals surface area contributed by atoms with Gasteiger partial charge in [-0.05, 0) is 24.6 Å². The van der Waals surface area contributed by atoms with Crippen molar-refractivity contribution in [2.75, 3.05) is 0 Å². The van der Waals surface area contributed by atoms with E-state index in [1.807, 2.05) is 36.7 Å².